The Balaban J connectivity index is 2.75. The minimum atomic E-state index is -2.83. The zero-order valence-electron chi connectivity index (χ0n) is 7.55. The average molecular weight is 206 g/mol. The molecule has 0 saturated heterocycles. The summed E-state index contributed by atoms with van der Waals surface area (Å²) in [6.45, 7) is 2.67. The molecule has 0 saturated carbocycles. The van der Waals surface area contributed by atoms with E-state index >= 15 is 0 Å². The van der Waals surface area contributed by atoms with Gasteiger partial charge in [-0.15, -0.1) is 11.3 Å². The van der Waals surface area contributed by atoms with Crippen molar-refractivity contribution < 1.29 is 8.78 Å². The van der Waals surface area contributed by atoms with Crippen LogP contribution in [0.2, 0.25) is 0 Å². The Bertz CT molecular complexity index is 278. The van der Waals surface area contributed by atoms with E-state index in [-0.39, 0.29) is 11.0 Å². The molecule has 1 unspecified atom stereocenters. The van der Waals surface area contributed by atoms with Gasteiger partial charge in [-0.1, -0.05) is 0 Å². The summed E-state index contributed by atoms with van der Waals surface area (Å²) in [6, 6.07) is -0.0413. The van der Waals surface area contributed by atoms with Gasteiger partial charge in [0.1, 0.15) is 0 Å². The Hall–Kier alpha value is -0.550. The van der Waals surface area contributed by atoms with Crippen molar-refractivity contribution in [2.75, 3.05) is 0 Å². The number of aromatic nitrogens is 1. The molecule has 1 atom stereocenters. The van der Waals surface area contributed by atoms with Gasteiger partial charge in [0.2, 0.25) is 0 Å². The number of halogens is 2. The molecule has 0 aliphatic heterocycles. The second kappa shape index (κ2) is 3.67. The third-order valence-electron chi connectivity index (χ3n) is 1.46. The number of alkyl halides is 2. The summed E-state index contributed by atoms with van der Waals surface area (Å²) in [4.78, 5) is 3.81. The first-order valence-electron chi connectivity index (χ1n) is 3.98. The molecular formula is C8H12F2N2S. The Morgan fingerprint density at radius 3 is 2.69 bits per heavy atom. The van der Waals surface area contributed by atoms with Gasteiger partial charge in [0.05, 0.1) is 5.69 Å². The van der Waals surface area contributed by atoms with Crippen LogP contribution in [-0.4, -0.2) is 11.0 Å². The van der Waals surface area contributed by atoms with E-state index in [0.29, 0.717) is 12.1 Å². The fraction of sp³-hybridized carbons (Fsp3) is 0.625. The number of thiazole rings is 1. The molecule has 0 aromatic carbocycles. The van der Waals surface area contributed by atoms with E-state index < -0.39 is 5.92 Å². The lowest BCUT2D eigenvalue weighted by Crippen LogP contribution is -2.18. The normalized spacial score (nSPS) is 14.5. The Morgan fingerprint density at radius 1 is 1.69 bits per heavy atom. The summed E-state index contributed by atoms with van der Waals surface area (Å²) in [5.74, 6) is -2.83. The Kier molecular flexibility index (Phi) is 2.98. The van der Waals surface area contributed by atoms with Gasteiger partial charge in [0.15, 0.2) is 5.01 Å². The first kappa shape index (κ1) is 10.5. The van der Waals surface area contributed by atoms with Crippen molar-refractivity contribution in [2.45, 2.75) is 32.2 Å². The van der Waals surface area contributed by atoms with Crippen molar-refractivity contribution in [3.05, 3.63) is 16.1 Å². The fourth-order valence-electron chi connectivity index (χ4n) is 0.932. The van der Waals surface area contributed by atoms with Crippen LogP contribution in [-0.2, 0) is 12.3 Å². The molecule has 0 aliphatic rings. The molecule has 0 bridgehead atoms. The van der Waals surface area contributed by atoms with E-state index in [1.54, 1.807) is 5.38 Å². The van der Waals surface area contributed by atoms with Crippen LogP contribution in [0.25, 0.3) is 0 Å². The monoisotopic (exact) mass is 206 g/mol. The zero-order valence-corrected chi connectivity index (χ0v) is 8.37. The van der Waals surface area contributed by atoms with Crippen LogP contribution >= 0.6 is 11.3 Å². The quantitative estimate of drug-likeness (QED) is 0.823. The number of nitrogens with zero attached hydrogens (tertiary/aromatic N) is 1. The third-order valence-corrected chi connectivity index (χ3v) is 2.52. The van der Waals surface area contributed by atoms with Crippen LogP contribution in [0, 0.1) is 0 Å². The van der Waals surface area contributed by atoms with Gasteiger partial charge in [-0.2, -0.15) is 8.78 Å². The lowest BCUT2D eigenvalue weighted by Gasteiger charge is -2.04. The van der Waals surface area contributed by atoms with Crippen molar-refractivity contribution >= 4 is 11.3 Å². The predicted molar refractivity (Wildman–Crippen MR) is 49.0 cm³/mol. The first-order valence-corrected chi connectivity index (χ1v) is 4.86. The summed E-state index contributed by atoms with van der Waals surface area (Å²) < 4.78 is 25.4. The molecule has 74 valence electrons. The van der Waals surface area contributed by atoms with E-state index in [9.17, 15) is 8.78 Å². The molecule has 1 aromatic heterocycles. The molecule has 1 rings (SSSR count). The average Bonchev–Trinajstić information content (AvgIpc) is 2.32. The number of hydrogen-bond acceptors (Lipinski definition) is 3. The highest BCUT2D eigenvalue weighted by Gasteiger charge is 2.28. The van der Waals surface area contributed by atoms with Crippen LogP contribution < -0.4 is 5.73 Å². The van der Waals surface area contributed by atoms with Gasteiger partial charge in [0, 0.05) is 24.8 Å². The Morgan fingerprint density at radius 2 is 2.31 bits per heavy atom. The molecule has 0 radical (unpaired) electrons. The molecule has 13 heavy (non-hydrogen) atoms. The van der Waals surface area contributed by atoms with Gasteiger partial charge in [-0.25, -0.2) is 4.98 Å². The third kappa shape index (κ3) is 3.00. The topological polar surface area (TPSA) is 38.9 Å². The largest absolute Gasteiger partial charge is 0.328 e. The lowest BCUT2D eigenvalue weighted by molar-refractivity contribution is 0.0171. The highest BCUT2D eigenvalue weighted by atomic mass is 32.1. The van der Waals surface area contributed by atoms with Gasteiger partial charge >= 0.3 is 0 Å². The molecule has 0 fully saturated rings. The van der Waals surface area contributed by atoms with Crippen molar-refractivity contribution in [2.24, 2.45) is 5.73 Å². The van der Waals surface area contributed by atoms with Crippen molar-refractivity contribution in [1.82, 2.24) is 4.98 Å². The maximum Gasteiger partial charge on any atom is 0.296 e. The maximum absolute atomic E-state index is 12.7. The van der Waals surface area contributed by atoms with E-state index in [2.05, 4.69) is 4.98 Å². The SMILES string of the molecule is CC(N)Cc1csc(C(C)(F)F)n1. The molecular weight excluding hydrogens is 194 g/mol. The molecule has 1 aromatic rings. The standard InChI is InChI=1S/C8H12F2N2S/c1-5(11)3-6-4-13-7(12-6)8(2,9)10/h4-5H,3,11H2,1-2H3. The minimum Gasteiger partial charge on any atom is -0.328 e. The lowest BCUT2D eigenvalue weighted by atomic mass is 10.2. The van der Waals surface area contributed by atoms with E-state index in [1.165, 1.54) is 0 Å². The second-order valence-electron chi connectivity index (χ2n) is 3.21. The molecule has 2 N–H and O–H groups in total. The highest BCUT2D eigenvalue weighted by molar-refractivity contribution is 7.09. The van der Waals surface area contributed by atoms with Gasteiger partial charge < -0.3 is 5.73 Å². The summed E-state index contributed by atoms with van der Waals surface area (Å²) in [5.41, 5.74) is 6.17. The van der Waals surface area contributed by atoms with Gasteiger partial charge in [-0.3, -0.25) is 0 Å². The van der Waals surface area contributed by atoms with Crippen LogP contribution in [0.15, 0.2) is 5.38 Å². The number of nitrogens with two attached hydrogens (primary N) is 1. The molecule has 5 heteroatoms. The number of rotatable bonds is 3. The van der Waals surface area contributed by atoms with Crippen molar-refractivity contribution in [3.63, 3.8) is 0 Å². The maximum atomic E-state index is 12.7. The first-order chi connectivity index (χ1) is 5.89. The fourth-order valence-corrected chi connectivity index (χ4v) is 1.71. The van der Waals surface area contributed by atoms with E-state index in [4.69, 9.17) is 5.73 Å². The van der Waals surface area contributed by atoms with Crippen molar-refractivity contribution in [3.8, 4) is 0 Å². The smallest absolute Gasteiger partial charge is 0.296 e. The number of hydrogen-bond donors (Lipinski definition) is 1. The summed E-state index contributed by atoms with van der Waals surface area (Å²) in [7, 11) is 0. The summed E-state index contributed by atoms with van der Waals surface area (Å²) in [6.07, 6.45) is 0.548. The van der Waals surface area contributed by atoms with E-state index in [0.717, 1.165) is 18.3 Å². The van der Waals surface area contributed by atoms with Crippen LogP contribution in [0.4, 0.5) is 8.78 Å². The zero-order chi connectivity index (χ0) is 10.1. The van der Waals surface area contributed by atoms with Crippen molar-refractivity contribution in [1.29, 1.82) is 0 Å². The van der Waals surface area contributed by atoms with Crippen LogP contribution in [0.3, 0.4) is 0 Å². The molecule has 2 nitrogen and oxygen atoms in total. The molecule has 1 heterocycles. The molecule has 0 amide bonds. The summed E-state index contributed by atoms with van der Waals surface area (Å²) in [5, 5.41) is 1.50. The Labute approximate surface area is 79.8 Å². The van der Waals surface area contributed by atoms with Crippen LogP contribution in [0.5, 0.6) is 0 Å². The van der Waals surface area contributed by atoms with Gasteiger partial charge in [-0.05, 0) is 6.92 Å². The van der Waals surface area contributed by atoms with E-state index in [1.807, 2.05) is 6.92 Å². The highest BCUT2D eigenvalue weighted by Crippen LogP contribution is 2.29. The van der Waals surface area contributed by atoms with Gasteiger partial charge in [0.25, 0.3) is 5.92 Å². The molecule has 0 spiro atoms. The minimum absolute atomic E-state index is 0.0413. The second-order valence-corrected chi connectivity index (χ2v) is 4.07. The summed E-state index contributed by atoms with van der Waals surface area (Å²) >= 11 is 0.982. The van der Waals surface area contributed by atoms with Crippen LogP contribution in [0.1, 0.15) is 24.5 Å². The predicted octanol–water partition coefficient (Wildman–Crippen LogP) is 2.14. The molecule has 0 aliphatic carbocycles.